The highest BCUT2D eigenvalue weighted by atomic mass is 35.5. The van der Waals surface area contributed by atoms with Crippen LogP contribution in [0.1, 0.15) is 30.3 Å². The van der Waals surface area contributed by atoms with Crippen LogP contribution in [0, 0.1) is 5.92 Å². The van der Waals surface area contributed by atoms with E-state index in [2.05, 4.69) is 10.3 Å². The zero-order valence-electron chi connectivity index (χ0n) is 10.1. The summed E-state index contributed by atoms with van der Waals surface area (Å²) < 4.78 is 0. The lowest BCUT2D eigenvalue weighted by molar-refractivity contribution is 0.0938. The summed E-state index contributed by atoms with van der Waals surface area (Å²) in [5.74, 6) is -0.101. The van der Waals surface area contributed by atoms with Gasteiger partial charge in [-0.2, -0.15) is 0 Å². The van der Waals surface area contributed by atoms with E-state index in [4.69, 9.17) is 28.3 Å². The number of aliphatic hydroxyl groups excluding tert-OH is 1. The molecule has 6 heteroatoms. The Morgan fingerprint density at radius 2 is 2.22 bits per heavy atom. The first kappa shape index (κ1) is 15.2. The van der Waals surface area contributed by atoms with Gasteiger partial charge < -0.3 is 10.4 Å². The van der Waals surface area contributed by atoms with E-state index in [1.165, 1.54) is 12.1 Å². The second kappa shape index (κ2) is 7.56. The molecule has 1 atom stereocenters. The largest absolute Gasteiger partial charge is 0.396 e. The Morgan fingerprint density at radius 1 is 1.50 bits per heavy atom. The lowest BCUT2D eigenvalue weighted by atomic mass is 10.0. The molecule has 0 radical (unpaired) electrons. The maximum absolute atomic E-state index is 11.9. The number of amides is 1. The number of pyridine rings is 1. The average Bonchev–Trinajstić information content (AvgIpc) is 2.37. The molecule has 4 nitrogen and oxygen atoms in total. The molecule has 0 aliphatic heterocycles. The van der Waals surface area contributed by atoms with Crippen molar-refractivity contribution < 1.29 is 9.90 Å². The third kappa shape index (κ3) is 4.44. The van der Waals surface area contributed by atoms with Crippen LogP contribution in [0.5, 0.6) is 0 Å². The number of hydrogen-bond donors (Lipinski definition) is 2. The van der Waals surface area contributed by atoms with E-state index in [0.29, 0.717) is 13.0 Å². The number of aromatic nitrogens is 1. The van der Waals surface area contributed by atoms with Gasteiger partial charge in [0.25, 0.3) is 5.91 Å². The monoisotopic (exact) mass is 290 g/mol. The van der Waals surface area contributed by atoms with Gasteiger partial charge in [-0.1, -0.05) is 36.5 Å². The number of nitrogens with one attached hydrogen (secondary N) is 1. The Morgan fingerprint density at radius 3 is 2.83 bits per heavy atom. The van der Waals surface area contributed by atoms with Crippen molar-refractivity contribution in [2.24, 2.45) is 5.92 Å². The van der Waals surface area contributed by atoms with Crippen LogP contribution in [0.15, 0.2) is 12.1 Å². The van der Waals surface area contributed by atoms with Gasteiger partial charge in [-0.25, -0.2) is 4.98 Å². The molecular weight excluding hydrogens is 275 g/mol. The van der Waals surface area contributed by atoms with Crippen LogP contribution in [0.4, 0.5) is 0 Å². The van der Waals surface area contributed by atoms with Crippen LogP contribution in [0.2, 0.25) is 10.2 Å². The third-order valence-electron chi connectivity index (χ3n) is 2.69. The van der Waals surface area contributed by atoms with Crippen molar-refractivity contribution >= 4 is 29.1 Å². The maximum atomic E-state index is 11.9. The molecule has 1 rings (SSSR count). The van der Waals surface area contributed by atoms with Crippen LogP contribution in [-0.2, 0) is 0 Å². The second-order valence-electron chi connectivity index (χ2n) is 3.96. The SMILES string of the molecule is CCC(CCO)CNC(=O)c1nc(Cl)ccc1Cl. The molecule has 0 bridgehead atoms. The molecule has 0 saturated heterocycles. The molecule has 1 heterocycles. The van der Waals surface area contributed by atoms with Gasteiger partial charge in [-0.05, 0) is 24.5 Å². The average molecular weight is 291 g/mol. The summed E-state index contributed by atoms with van der Waals surface area (Å²) in [4.78, 5) is 15.8. The van der Waals surface area contributed by atoms with Crippen molar-refractivity contribution in [2.75, 3.05) is 13.2 Å². The summed E-state index contributed by atoms with van der Waals surface area (Å²) in [5, 5.41) is 12.1. The van der Waals surface area contributed by atoms with Crippen LogP contribution in [-0.4, -0.2) is 29.1 Å². The second-order valence-corrected chi connectivity index (χ2v) is 4.76. The Balaban J connectivity index is 2.62. The topological polar surface area (TPSA) is 62.2 Å². The number of rotatable bonds is 6. The van der Waals surface area contributed by atoms with Gasteiger partial charge in [0.2, 0.25) is 0 Å². The highest BCUT2D eigenvalue weighted by Gasteiger charge is 2.14. The van der Waals surface area contributed by atoms with Crippen LogP contribution >= 0.6 is 23.2 Å². The van der Waals surface area contributed by atoms with E-state index >= 15 is 0 Å². The minimum atomic E-state index is -0.348. The van der Waals surface area contributed by atoms with Gasteiger partial charge in [0, 0.05) is 13.2 Å². The van der Waals surface area contributed by atoms with E-state index in [9.17, 15) is 4.79 Å². The molecule has 0 aliphatic carbocycles. The van der Waals surface area contributed by atoms with Gasteiger partial charge in [-0.15, -0.1) is 0 Å². The highest BCUT2D eigenvalue weighted by Crippen LogP contribution is 2.16. The highest BCUT2D eigenvalue weighted by molar-refractivity contribution is 6.34. The van der Waals surface area contributed by atoms with Crippen molar-refractivity contribution in [1.82, 2.24) is 10.3 Å². The first-order valence-electron chi connectivity index (χ1n) is 5.79. The molecule has 0 aromatic carbocycles. The van der Waals surface area contributed by atoms with E-state index in [1.807, 2.05) is 6.92 Å². The summed E-state index contributed by atoms with van der Waals surface area (Å²) in [7, 11) is 0. The smallest absolute Gasteiger partial charge is 0.271 e. The summed E-state index contributed by atoms with van der Waals surface area (Å²) in [6.45, 7) is 2.61. The number of aliphatic hydroxyl groups is 1. The molecule has 0 spiro atoms. The van der Waals surface area contributed by atoms with Crippen LogP contribution < -0.4 is 5.32 Å². The van der Waals surface area contributed by atoms with Crippen LogP contribution in [0.3, 0.4) is 0 Å². The molecule has 0 fully saturated rings. The predicted octanol–water partition coefficient (Wildman–Crippen LogP) is 2.53. The standard InChI is InChI=1S/C12H16Cl2N2O2/c1-2-8(5-6-17)7-15-12(18)11-9(13)3-4-10(14)16-11/h3-4,8,17H,2,5-7H2,1H3,(H,15,18). The van der Waals surface area contributed by atoms with Crippen molar-refractivity contribution in [3.05, 3.63) is 28.0 Å². The number of carbonyl (C=O) groups excluding carboxylic acids is 1. The van der Waals surface area contributed by atoms with Gasteiger partial charge in [0.1, 0.15) is 10.8 Å². The Bertz CT molecular complexity index is 413. The number of nitrogens with zero attached hydrogens (tertiary/aromatic N) is 1. The van der Waals surface area contributed by atoms with Crippen LogP contribution in [0.25, 0.3) is 0 Å². The van der Waals surface area contributed by atoms with Crippen molar-refractivity contribution in [3.8, 4) is 0 Å². The van der Waals surface area contributed by atoms with Gasteiger partial charge in [0.05, 0.1) is 5.02 Å². The lowest BCUT2D eigenvalue weighted by Gasteiger charge is -2.14. The summed E-state index contributed by atoms with van der Waals surface area (Å²) in [5.41, 5.74) is 0.128. The van der Waals surface area contributed by atoms with Crippen molar-refractivity contribution in [1.29, 1.82) is 0 Å². The molecule has 1 aromatic rings. The Labute approximate surface area is 116 Å². The van der Waals surface area contributed by atoms with E-state index in [1.54, 1.807) is 0 Å². The summed E-state index contributed by atoms with van der Waals surface area (Å²) in [6, 6.07) is 3.07. The minimum absolute atomic E-state index is 0.116. The fraction of sp³-hybridized carbons (Fsp3) is 0.500. The van der Waals surface area contributed by atoms with Gasteiger partial charge in [-0.3, -0.25) is 4.79 Å². The summed E-state index contributed by atoms with van der Waals surface area (Å²) in [6.07, 6.45) is 1.55. The summed E-state index contributed by atoms with van der Waals surface area (Å²) >= 11 is 11.6. The molecule has 1 amide bonds. The number of carbonyl (C=O) groups is 1. The Hall–Kier alpha value is -0.840. The van der Waals surface area contributed by atoms with E-state index in [0.717, 1.165) is 6.42 Å². The first-order chi connectivity index (χ1) is 8.58. The fourth-order valence-electron chi connectivity index (χ4n) is 1.53. The predicted molar refractivity (Wildman–Crippen MR) is 72.1 cm³/mol. The minimum Gasteiger partial charge on any atom is -0.396 e. The Kier molecular flexibility index (Phi) is 6.39. The number of hydrogen-bond acceptors (Lipinski definition) is 3. The third-order valence-corrected chi connectivity index (χ3v) is 3.21. The molecule has 18 heavy (non-hydrogen) atoms. The zero-order chi connectivity index (χ0) is 13.5. The molecule has 1 unspecified atom stereocenters. The lowest BCUT2D eigenvalue weighted by Crippen LogP contribution is -2.30. The quantitative estimate of drug-likeness (QED) is 0.792. The molecule has 2 N–H and O–H groups in total. The van der Waals surface area contributed by atoms with Crippen molar-refractivity contribution in [3.63, 3.8) is 0 Å². The molecule has 0 saturated carbocycles. The molecule has 100 valence electrons. The first-order valence-corrected chi connectivity index (χ1v) is 6.55. The van der Waals surface area contributed by atoms with E-state index < -0.39 is 0 Å². The molecule has 1 aromatic heterocycles. The van der Waals surface area contributed by atoms with Gasteiger partial charge >= 0.3 is 0 Å². The normalized spacial score (nSPS) is 12.2. The molecule has 0 aliphatic rings. The van der Waals surface area contributed by atoms with Crippen molar-refractivity contribution in [2.45, 2.75) is 19.8 Å². The maximum Gasteiger partial charge on any atom is 0.271 e. The fourth-order valence-corrected chi connectivity index (χ4v) is 1.87. The van der Waals surface area contributed by atoms with E-state index in [-0.39, 0.29) is 34.3 Å². The zero-order valence-corrected chi connectivity index (χ0v) is 11.6. The van der Waals surface area contributed by atoms with Gasteiger partial charge in [0.15, 0.2) is 0 Å². The molecular formula is C12H16Cl2N2O2. The number of halogens is 2.